The van der Waals surface area contributed by atoms with Gasteiger partial charge in [-0.1, -0.05) is 42.0 Å². The van der Waals surface area contributed by atoms with Crippen LogP contribution in [0.1, 0.15) is 22.3 Å². The van der Waals surface area contributed by atoms with E-state index in [1.54, 1.807) is 0 Å². The topological polar surface area (TPSA) is 20.2 Å². The molecule has 0 aliphatic carbocycles. The maximum Gasteiger partial charge on any atom is 0.0681 e. The minimum absolute atomic E-state index is 0.115. The highest BCUT2D eigenvalue weighted by Gasteiger charge is 2.01. The summed E-state index contributed by atoms with van der Waals surface area (Å²) in [6, 6.07) is 14.8. The predicted molar refractivity (Wildman–Crippen MR) is 77.8 cm³/mol. The van der Waals surface area contributed by atoms with Crippen LogP contribution >= 0.6 is 11.8 Å². The molecule has 94 valence electrons. The molecule has 0 aliphatic heterocycles. The van der Waals surface area contributed by atoms with Gasteiger partial charge in [0.15, 0.2) is 0 Å². The van der Waals surface area contributed by atoms with Gasteiger partial charge in [-0.3, -0.25) is 0 Å². The van der Waals surface area contributed by atoms with Crippen LogP contribution in [0.2, 0.25) is 0 Å². The van der Waals surface area contributed by atoms with E-state index in [0.717, 1.165) is 11.3 Å². The Bertz CT molecular complexity index is 534. The molecule has 0 unspecified atom stereocenters. The molecule has 1 nitrogen and oxygen atoms in total. The third kappa shape index (κ3) is 3.37. The molecule has 0 aliphatic rings. The van der Waals surface area contributed by atoms with E-state index in [0.29, 0.717) is 0 Å². The molecular formula is C16H18OS. The molecule has 0 radical (unpaired) electrons. The van der Waals surface area contributed by atoms with Gasteiger partial charge in [0.25, 0.3) is 0 Å². The fourth-order valence-electron chi connectivity index (χ4n) is 1.93. The van der Waals surface area contributed by atoms with Crippen LogP contribution in [0.3, 0.4) is 0 Å². The first kappa shape index (κ1) is 13.2. The van der Waals surface area contributed by atoms with Crippen molar-refractivity contribution in [3.63, 3.8) is 0 Å². The highest BCUT2D eigenvalue weighted by Crippen LogP contribution is 2.27. The van der Waals surface area contributed by atoms with Crippen LogP contribution in [0, 0.1) is 13.8 Å². The van der Waals surface area contributed by atoms with Crippen molar-refractivity contribution in [3.8, 4) is 0 Å². The van der Waals surface area contributed by atoms with Crippen LogP contribution in [0.25, 0.3) is 0 Å². The second-order valence-corrected chi connectivity index (χ2v) is 5.55. The Hall–Kier alpha value is -1.25. The van der Waals surface area contributed by atoms with Crippen LogP contribution < -0.4 is 0 Å². The van der Waals surface area contributed by atoms with Crippen molar-refractivity contribution >= 4 is 11.8 Å². The van der Waals surface area contributed by atoms with Crippen molar-refractivity contribution in [2.45, 2.75) is 31.1 Å². The van der Waals surface area contributed by atoms with E-state index in [1.165, 1.54) is 21.6 Å². The minimum atomic E-state index is 0.115. The first-order valence-corrected chi connectivity index (χ1v) is 7.06. The summed E-state index contributed by atoms with van der Waals surface area (Å²) < 4.78 is 0. The molecule has 2 rings (SSSR count). The Morgan fingerprint density at radius 3 is 2.50 bits per heavy atom. The van der Waals surface area contributed by atoms with Crippen LogP contribution in [0.5, 0.6) is 0 Å². The van der Waals surface area contributed by atoms with Crippen molar-refractivity contribution < 1.29 is 5.11 Å². The average Bonchev–Trinajstić information content (AvgIpc) is 2.37. The summed E-state index contributed by atoms with van der Waals surface area (Å²) in [6.07, 6.45) is 0. The standard InChI is InChI=1S/C16H18OS/c1-12-4-3-5-15(8-12)11-18-16-7-6-14(10-17)9-13(16)2/h3-9,17H,10-11H2,1-2H3. The Balaban J connectivity index is 2.06. The van der Waals surface area contributed by atoms with E-state index in [9.17, 15) is 0 Å². The van der Waals surface area contributed by atoms with Gasteiger partial charge in [0.05, 0.1) is 6.61 Å². The van der Waals surface area contributed by atoms with E-state index in [-0.39, 0.29) is 6.61 Å². The lowest BCUT2D eigenvalue weighted by atomic mass is 10.1. The number of hydrogen-bond acceptors (Lipinski definition) is 2. The SMILES string of the molecule is Cc1cccc(CSc2ccc(CO)cc2C)c1. The summed E-state index contributed by atoms with van der Waals surface area (Å²) in [5.41, 5.74) is 4.87. The van der Waals surface area contributed by atoms with Gasteiger partial charge < -0.3 is 5.11 Å². The van der Waals surface area contributed by atoms with Crippen molar-refractivity contribution in [1.82, 2.24) is 0 Å². The van der Waals surface area contributed by atoms with Crippen LogP contribution in [0.4, 0.5) is 0 Å². The highest BCUT2D eigenvalue weighted by molar-refractivity contribution is 7.98. The molecule has 0 bridgehead atoms. The summed E-state index contributed by atoms with van der Waals surface area (Å²) in [7, 11) is 0. The second kappa shape index (κ2) is 6.07. The number of aliphatic hydroxyl groups is 1. The van der Waals surface area contributed by atoms with Gasteiger partial charge in [-0.05, 0) is 36.6 Å². The van der Waals surface area contributed by atoms with Gasteiger partial charge in [-0.2, -0.15) is 0 Å². The molecule has 2 heteroatoms. The smallest absolute Gasteiger partial charge is 0.0681 e. The van der Waals surface area contributed by atoms with E-state index in [1.807, 2.05) is 17.8 Å². The molecule has 0 saturated heterocycles. The summed E-state index contributed by atoms with van der Waals surface area (Å²) >= 11 is 1.85. The van der Waals surface area contributed by atoms with Gasteiger partial charge in [0.1, 0.15) is 0 Å². The molecule has 0 saturated carbocycles. The number of thioether (sulfide) groups is 1. The molecular weight excluding hydrogens is 240 g/mol. The summed E-state index contributed by atoms with van der Waals surface area (Å²) in [6.45, 7) is 4.33. The summed E-state index contributed by atoms with van der Waals surface area (Å²) in [5.74, 6) is 0.987. The largest absolute Gasteiger partial charge is 0.392 e. The van der Waals surface area contributed by atoms with Crippen LogP contribution in [-0.4, -0.2) is 5.11 Å². The van der Waals surface area contributed by atoms with Crippen molar-refractivity contribution in [1.29, 1.82) is 0 Å². The zero-order valence-electron chi connectivity index (χ0n) is 10.8. The van der Waals surface area contributed by atoms with Crippen molar-refractivity contribution in [2.24, 2.45) is 0 Å². The fourth-order valence-corrected chi connectivity index (χ4v) is 2.89. The molecule has 0 atom stereocenters. The molecule has 0 fully saturated rings. The monoisotopic (exact) mass is 258 g/mol. The molecule has 0 heterocycles. The summed E-state index contributed by atoms with van der Waals surface area (Å²) in [5, 5.41) is 9.08. The molecule has 0 aromatic heterocycles. The second-order valence-electron chi connectivity index (χ2n) is 4.54. The van der Waals surface area contributed by atoms with Crippen LogP contribution in [0.15, 0.2) is 47.4 Å². The summed E-state index contributed by atoms with van der Waals surface area (Å²) in [4.78, 5) is 1.29. The van der Waals surface area contributed by atoms with Gasteiger partial charge in [0.2, 0.25) is 0 Å². The quantitative estimate of drug-likeness (QED) is 0.834. The van der Waals surface area contributed by atoms with Gasteiger partial charge in [-0.25, -0.2) is 0 Å². The lowest BCUT2D eigenvalue weighted by molar-refractivity contribution is 0.281. The lowest BCUT2D eigenvalue weighted by Gasteiger charge is -2.07. The van der Waals surface area contributed by atoms with E-state index >= 15 is 0 Å². The van der Waals surface area contributed by atoms with E-state index in [4.69, 9.17) is 5.11 Å². The molecule has 0 amide bonds. The average molecular weight is 258 g/mol. The van der Waals surface area contributed by atoms with Crippen molar-refractivity contribution in [2.75, 3.05) is 0 Å². The third-order valence-corrected chi connectivity index (χ3v) is 4.15. The minimum Gasteiger partial charge on any atom is -0.392 e. The maximum absolute atomic E-state index is 9.08. The number of aryl methyl sites for hydroxylation is 2. The zero-order chi connectivity index (χ0) is 13.0. The maximum atomic E-state index is 9.08. The van der Waals surface area contributed by atoms with Crippen molar-refractivity contribution in [3.05, 3.63) is 64.7 Å². The number of rotatable bonds is 4. The number of benzene rings is 2. The van der Waals surface area contributed by atoms with E-state index in [2.05, 4.69) is 50.2 Å². The molecule has 0 spiro atoms. The first-order chi connectivity index (χ1) is 8.69. The highest BCUT2D eigenvalue weighted by atomic mass is 32.2. The zero-order valence-corrected chi connectivity index (χ0v) is 11.6. The van der Waals surface area contributed by atoms with E-state index < -0.39 is 0 Å². The fraction of sp³-hybridized carbons (Fsp3) is 0.250. The predicted octanol–water partition coefficient (Wildman–Crippen LogP) is 4.09. The molecule has 18 heavy (non-hydrogen) atoms. The molecule has 2 aromatic rings. The molecule has 1 N–H and O–H groups in total. The van der Waals surface area contributed by atoms with Gasteiger partial charge >= 0.3 is 0 Å². The van der Waals surface area contributed by atoms with Gasteiger partial charge in [0, 0.05) is 10.6 Å². The van der Waals surface area contributed by atoms with Gasteiger partial charge in [-0.15, -0.1) is 11.8 Å². The lowest BCUT2D eigenvalue weighted by Crippen LogP contribution is -1.88. The Morgan fingerprint density at radius 1 is 1.00 bits per heavy atom. The Kier molecular flexibility index (Phi) is 4.45. The third-order valence-electron chi connectivity index (χ3n) is 2.90. The van der Waals surface area contributed by atoms with Crippen LogP contribution in [-0.2, 0) is 12.4 Å². The number of hydrogen-bond donors (Lipinski definition) is 1. The normalized spacial score (nSPS) is 10.6. The Labute approximate surface area is 113 Å². The Morgan fingerprint density at radius 2 is 1.83 bits per heavy atom. The first-order valence-electron chi connectivity index (χ1n) is 6.08. The molecule has 2 aromatic carbocycles. The number of aliphatic hydroxyl groups excluding tert-OH is 1.